The van der Waals surface area contributed by atoms with E-state index in [0.717, 1.165) is 22.1 Å². The van der Waals surface area contributed by atoms with E-state index >= 15 is 0 Å². The first-order valence-corrected chi connectivity index (χ1v) is 10.4. The van der Waals surface area contributed by atoms with Crippen molar-refractivity contribution >= 4 is 56.3 Å². The van der Waals surface area contributed by atoms with Gasteiger partial charge in [-0.05, 0) is 35.5 Å². The number of rotatable bonds is 4. The molecule has 1 fully saturated rings. The van der Waals surface area contributed by atoms with Crippen molar-refractivity contribution in [2.24, 2.45) is 0 Å². The molecule has 1 N–H and O–H groups in total. The molecule has 2 heterocycles. The van der Waals surface area contributed by atoms with Crippen molar-refractivity contribution in [2.45, 2.75) is 6.04 Å². The Balaban J connectivity index is 1.67. The first-order valence-electron chi connectivity index (χ1n) is 7.45. The molecule has 2 aliphatic rings. The van der Waals surface area contributed by atoms with Crippen LogP contribution in [0.15, 0.2) is 40.7 Å². The summed E-state index contributed by atoms with van der Waals surface area (Å²) < 4.78 is 22.7. The lowest BCUT2D eigenvalue weighted by Crippen LogP contribution is -2.43. The maximum absolute atomic E-state index is 12.4. The molecule has 1 aromatic rings. The van der Waals surface area contributed by atoms with Gasteiger partial charge in [-0.25, -0.2) is 8.42 Å². The van der Waals surface area contributed by atoms with E-state index in [1.54, 1.807) is 24.3 Å². The van der Waals surface area contributed by atoms with Gasteiger partial charge in [-0.1, -0.05) is 29.8 Å². The average Bonchev–Trinajstić information content (AvgIpc) is 3.03. The van der Waals surface area contributed by atoms with Crippen LogP contribution in [0.1, 0.15) is 5.56 Å². The van der Waals surface area contributed by atoms with Crippen LogP contribution in [0.3, 0.4) is 0 Å². The highest BCUT2D eigenvalue weighted by Crippen LogP contribution is 2.33. The highest BCUT2D eigenvalue weighted by atomic mass is 35.5. The summed E-state index contributed by atoms with van der Waals surface area (Å²) in [5.74, 6) is -1.43. The molecule has 0 unspecified atom stereocenters. The maximum Gasteiger partial charge on any atom is 0.294 e. The van der Waals surface area contributed by atoms with E-state index in [4.69, 9.17) is 11.6 Å². The number of imide groups is 1. The average molecular weight is 413 g/mol. The van der Waals surface area contributed by atoms with Crippen LogP contribution in [-0.4, -0.2) is 48.7 Å². The monoisotopic (exact) mass is 412 g/mol. The third kappa shape index (κ3) is 4.17. The molecule has 0 aliphatic carbocycles. The lowest BCUT2D eigenvalue weighted by Gasteiger charge is -2.14. The summed E-state index contributed by atoms with van der Waals surface area (Å²) in [6.07, 6.45) is 2.86. The van der Waals surface area contributed by atoms with Gasteiger partial charge in [0.1, 0.15) is 6.54 Å². The van der Waals surface area contributed by atoms with Gasteiger partial charge in [0.25, 0.3) is 11.1 Å². The number of sulfone groups is 1. The minimum atomic E-state index is -3.31. The zero-order valence-corrected chi connectivity index (χ0v) is 15.6. The Morgan fingerprint density at radius 1 is 1.35 bits per heavy atom. The second-order valence-corrected chi connectivity index (χ2v) is 8.95. The predicted octanol–water partition coefficient (Wildman–Crippen LogP) is 1.80. The van der Waals surface area contributed by atoms with Crippen molar-refractivity contribution in [3.8, 4) is 0 Å². The van der Waals surface area contributed by atoms with Gasteiger partial charge < -0.3 is 5.32 Å². The molecule has 0 radical (unpaired) electrons. The van der Waals surface area contributed by atoms with E-state index in [1.165, 1.54) is 12.2 Å². The number of benzene rings is 1. The summed E-state index contributed by atoms with van der Waals surface area (Å²) in [4.78, 5) is 37.5. The van der Waals surface area contributed by atoms with E-state index in [1.807, 2.05) is 0 Å². The zero-order valence-electron chi connectivity index (χ0n) is 13.2. The SMILES string of the molecule is O=C(CN1C(=O)S/C(=C\c2ccccc2Cl)C1=O)N[C@H]1C=CS(=O)(=O)C1. The number of hydrogen-bond donors (Lipinski definition) is 1. The van der Waals surface area contributed by atoms with Gasteiger partial charge in [0, 0.05) is 10.4 Å². The highest BCUT2D eigenvalue weighted by molar-refractivity contribution is 8.18. The molecular formula is C16H13ClN2O5S2. The molecule has 26 heavy (non-hydrogen) atoms. The lowest BCUT2D eigenvalue weighted by atomic mass is 10.2. The Morgan fingerprint density at radius 3 is 2.73 bits per heavy atom. The molecule has 3 amide bonds. The first-order chi connectivity index (χ1) is 12.2. The second-order valence-electron chi connectivity index (χ2n) is 5.62. The van der Waals surface area contributed by atoms with Crippen LogP contribution < -0.4 is 5.32 Å². The molecule has 0 saturated carbocycles. The van der Waals surface area contributed by atoms with Crippen molar-refractivity contribution < 1.29 is 22.8 Å². The van der Waals surface area contributed by atoms with Crippen LogP contribution in [-0.2, 0) is 19.4 Å². The van der Waals surface area contributed by atoms with Gasteiger partial charge >= 0.3 is 0 Å². The smallest absolute Gasteiger partial charge is 0.294 e. The van der Waals surface area contributed by atoms with E-state index in [2.05, 4.69) is 5.32 Å². The molecule has 0 aromatic heterocycles. The molecule has 10 heteroatoms. The van der Waals surface area contributed by atoms with Gasteiger partial charge in [-0.3, -0.25) is 19.3 Å². The van der Waals surface area contributed by atoms with Crippen LogP contribution in [0.2, 0.25) is 5.02 Å². The number of carbonyl (C=O) groups is 3. The molecule has 1 aromatic carbocycles. The van der Waals surface area contributed by atoms with E-state index in [9.17, 15) is 22.8 Å². The number of hydrogen-bond acceptors (Lipinski definition) is 6. The third-order valence-corrected chi connectivity index (χ3v) is 6.29. The molecular weight excluding hydrogens is 400 g/mol. The Labute approximate surface area is 159 Å². The van der Waals surface area contributed by atoms with E-state index < -0.39 is 39.5 Å². The van der Waals surface area contributed by atoms with Crippen LogP contribution >= 0.6 is 23.4 Å². The second kappa shape index (κ2) is 7.26. The third-order valence-electron chi connectivity index (χ3n) is 3.64. The van der Waals surface area contributed by atoms with Gasteiger partial charge in [0.05, 0.1) is 16.7 Å². The van der Waals surface area contributed by atoms with Crippen LogP contribution in [0.25, 0.3) is 6.08 Å². The van der Waals surface area contributed by atoms with Gasteiger partial charge in [0.15, 0.2) is 9.84 Å². The number of halogens is 1. The molecule has 7 nitrogen and oxygen atoms in total. The first kappa shape index (κ1) is 18.7. The van der Waals surface area contributed by atoms with Crippen LogP contribution in [0.5, 0.6) is 0 Å². The van der Waals surface area contributed by atoms with E-state index in [0.29, 0.717) is 10.6 Å². The summed E-state index contributed by atoms with van der Waals surface area (Å²) in [5.41, 5.74) is 0.588. The van der Waals surface area contributed by atoms with Crippen molar-refractivity contribution in [3.63, 3.8) is 0 Å². The Hall–Kier alpha value is -2.10. The fourth-order valence-corrected chi connectivity index (χ4v) is 4.69. The quantitative estimate of drug-likeness (QED) is 0.757. The molecule has 1 saturated heterocycles. The summed E-state index contributed by atoms with van der Waals surface area (Å²) in [6.45, 7) is -0.477. The summed E-state index contributed by atoms with van der Waals surface area (Å²) in [5, 5.41) is 3.37. The maximum atomic E-state index is 12.4. The van der Waals surface area contributed by atoms with Crippen molar-refractivity contribution in [1.29, 1.82) is 0 Å². The normalized spacial score (nSPS) is 23.0. The van der Waals surface area contributed by atoms with Crippen molar-refractivity contribution in [2.75, 3.05) is 12.3 Å². The topological polar surface area (TPSA) is 101 Å². The number of nitrogens with zero attached hydrogens (tertiary/aromatic N) is 1. The fraction of sp³-hybridized carbons (Fsp3) is 0.188. The van der Waals surface area contributed by atoms with Gasteiger partial charge in [-0.2, -0.15) is 0 Å². The largest absolute Gasteiger partial charge is 0.347 e. The standard InChI is InChI=1S/C16H13ClN2O5S2/c17-12-4-2-1-3-10(12)7-13-15(21)19(16(22)25-13)8-14(20)18-11-5-6-26(23,24)9-11/h1-7,11H,8-9H2,(H,18,20)/b13-7-/t11-/m0/s1. The molecule has 2 aliphatic heterocycles. The molecule has 0 bridgehead atoms. The summed E-state index contributed by atoms with van der Waals surface area (Å²) in [6, 6.07) is 6.20. The fourth-order valence-electron chi connectivity index (χ4n) is 2.43. The molecule has 0 spiro atoms. The summed E-state index contributed by atoms with van der Waals surface area (Å²) in [7, 11) is -3.31. The van der Waals surface area contributed by atoms with Crippen molar-refractivity contribution in [1.82, 2.24) is 10.2 Å². The Bertz CT molecular complexity index is 955. The number of carbonyl (C=O) groups excluding carboxylic acids is 3. The van der Waals surface area contributed by atoms with Crippen LogP contribution in [0.4, 0.5) is 4.79 Å². The lowest BCUT2D eigenvalue weighted by molar-refractivity contribution is -0.129. The number of amides is 3. The zero-order chi connectivity index (χ0) is 18.9. The van der Waals surface area contributed by atoms with Gasteiger partial charge in [-0.15, -0.1) is 0 Å². The van der Waals surface area contributed by atoms with Crippen molar-refractivity contribution in [3.05, 3.63) is 51.2 Å². The molecule has 136 valence electrons. The Kier molecular flexibility index (Phi) is 5.22. The molecule has 1 atom stereocenters. The number of nitrogens with one attached hydrogen (secondary N) is 1. The molecule has 3 rings (SSSR count). The number of thioether (sulfide) groups is 1. The van der Waals surface area contributed by atoms with Gasteiger partial charge in [0.2, 0.25) is 5.91 Å². The Morgan fingerprint density at radius 2 is 2.08 bits per heavy atom. The minimum absolute atomic E-state index is 0.166. The van der Waals surface area contributed by atoms with Crippen LogP contribution in [0, 0.1) is 0 Å². The highest BCUT2D eigenvalue weighted by Gasteiger charge is 2.37. The predicted molar refractivity (Wildman–Crippen MR) is 99.0 cm³/mol. The minimum Gasteiger partial charge on any atom is -0.347 e. The summed E-state index contributed by atoms with van der Waals surface area (Å²) >= 11 is 6.76. The van der Waals surface area contributed by atoms with E-state index in [-0.39, 0.29) is 10.7 Å².